The second kappa shape index (κ2) is 8.90. The molecule has 3 rings (SSSR count). The van der Waals surface area contributed by atoms with E-state index in [1.165, 1.54) is 11.0 Å². The van der Waals surface area contributed by atoms with Crippen LogP contribution in [-0.4, -0.2) is 34.2 Å². The molecule has 30 heavy (non-hydrogen) atoms. The molecule has 1 saturated heterocycles. The number of rotatable bonds is 6. The van der Waals surface area contributed by atoms with Gasteiger partial charge in [-0.3, -0.25) is 9.59 Å². The summed E-state index contributed by atoms with van der Waals surface area (Å²) in [7, 11) is 0. The van der Waals surface area contributed by atoms with Gasteiger partial charge in [0.15, 0.2) is 0 Å². The molecule has 1 N–H and O–H groups in total. The van der Waals surface area contributed by atoms with Gasteiger partial charge in [0.25, 0.3) is 11.7 Å². The molecule has 2 aromatic carbocycles. The molecule has 0 radical (unpaired) electrons. The maximum absolute atomic E-state index is 12.8. The maximum atomic E-state index is 12.8. The number of carboxylic acids is 1. The van der Waals surface area contributed by atoms with Crippen molar-refractivity contribution in [2.45, 2.75) is 25.8 Å². The fourth-order valence-corrected chi connectivity index (χ4v) is 3.93. The zero-order chi connectivity index (χ0) is 22.0. The monoisotopic (exact) mass is 446 g/mol. The van der Waals surface area contributed by atoms with Gasteiger partial charge in [0.1, 0.15) is 5.76 Å². The molecule has 0 unspecified atom stereocenters. The van der Waals surface area contributed by atoms with Crippen LogP contribution >= 0.6 is 23.2 Å². The maximum Gasteiger partial charge on any atom is 0.295 e. The number of amides is 1. The van der Waals surface area contributed by atoms with Crippen molar-refractivity contribution in [3.8, 4) is 0 Å². The number of halogens is 2. The van der Waals surface area contributed by atoms with Crippen molar-refractivity contribution >= 4 is 46.6 Å². The number of aliphatic hydroxyl groups excluding tert-OH is 1. The predicted molar refractivity (Wildman–Crippen MR) is 111 cm³/mol. The minimum absolute atomic E-state index is 0.0210. The Morgan fingerprint density at radius 3 is 2.40 bits per heavy atom. The van der Waals surface area contributed by atoms with Gasteiger partial charge < -0.3 is 19.9 Å². The molecule has 1 amide bonds. The quantitative estimate of drug-likeness (QED) is 0.417. The van der Waals surface area contributed by atoms with Gasteiger partial charge in [0.2, 0.25) is 0 Å². The van der Waals surface area contributed by atoms with Gasteiger partial charge in [-0.15, -0.1) is 0 Å². The van der Waals surface area contributed by atoms with E-state index in [4.69, 9.17) is 23.2 Å². The van der Waals surface area contributed by atoms with Crippen LogP contribution in [0.4, 0.5) is 0 Å². The van der Waals surface area contributed by atoms with Gasteiger partial charge in [-0.1, -0.05) is 59.1 Å². The molecule has 0 aliphatic carbocycles. The molecule has 1 aliphatic heterocycles. The van der Waals surface area contributed by atoms with Crippen molar-refractivity contribution in [2.24, 2.45) is 0 Å². The molecule has 0 bridgehead atoms. The summed E-state index contributed by atoms with van der Waals surface area (Å²) in [6.45, 7) is 1.86. The number of carbonyl (C=O) groups is 3. The number of hydrogen-bond acceptors (Lipinski definition) is 5. The van der Waals surface area contributed by atoms with Crippen LogP contribution in [0, 0.1) is 6.92 Å². The second-order valence-electron chi connectivity index (χ2n) is 7.00. The second-order valence-corrected chi connectivity index (χ2v) is 7.84. The minimum atomic E-state index is -1.26. The van der Waals surface area contributed by atoms with Crippen molar-refractivity contribution in [1.82, 2.24) is 4.90 Å². The zero-order valence-corrected chi connectivity index (χ0v) is 17.5. The first-order chi connectivity index (χ1) is 14.2. The molecule has 2 aromatic rings. The van der Waals surface area contributed by atoms with Crippen molar-refractivity contribution in [3.05, 3.63) is 74.8 Å². The molecule has 0 spiro atoms. The molecular formula is C22H18Cl2NO5-. The standard InChI is InChI=1S/C22H19Cl2NO5/c1-12-4-6-13(7-5-12)20(28)18-19(15-9-8-14(23)11-16(15)24)25(22(30)21(18)29)10-2-3-17(26)27/h4-9,11,19,28H,2-3,10H2,1H3,(H,26,27)/p-1/t19-/m0/s1. The van der Waals surface area contributed by atoms with E-state index in [-0.39, 0.29) is 35.7 Å². The summed E-state index contributed by atoms with van der Waals surface area (Å²) in [5, 5.41) is 22.3. The highest BCUT2D eigenvalue weighted by Crippen LogP contribution is 2.42. The summed E-state index contributed by atoms with van der Waals surface area (Å²) < 4.78 is 0. The number of aliphatic hydroxyl groups is 1. The van der Waals surface area contributed by atoms with Gasteiger partial charge in [-0.25, -0.2) is 0 Å². The fraction of sp³-hybridized carbons (Fsp3) is 0.227. The fourth-order valence-electron chi connectivity index (χ4n) is 3.42. The lowest BCUT2D eigenvalue weighted by Gasteiger charge is -2.26. The van der Waals surface area contributed by atoms with Crippen molar-refractivity contribution < 1.29 is 24.6 Å². The Hall–Kier alpha value is -2.83. The van der Waals surface area contributed by atoms with Crippen molar-refractivity contribution in [1.29, 1.82) is 0 Å². The van der Waals surface area contributed by atoms with Gasteiger partial charge in [-0.05, 0) is 37.5 Å². The lowest BCUT2D eigenvalue weighted by molar-refractivity contribution is -0.305. The Morgan fingerprint density at radius 2 is 1.80 bits per heavy atom. The van der Waals surface area contributed by atoms with Crippen LogP contribution in [0.5, 0.6) is 0 Å². The first-order valence-electron chi connectivity index (χ1n) is 9.21. The average Bonchev–Trinajstić information content (AvgIpc) is 2.93. The van der Waals surface area contributed by atoms with E-state index in [0.717, 1.165) is 5.56 Å². The van der Waals surface area contributed by atoms with Gasteiger partial charge in [0.05, 0.1) is 11.6 Å². The smallest absolute Gasteiger partial charge is 0.295 e. The van der Waals surface area contributed by atoms with Crippen LogP contribution in [-0.2, 0) is 14.4 Å². The lowest BCUT2D eigenvalue weighted by atomic mass is 9.95. The van der Waals surface area contributed by atoms with E-state index < -0.39 is 23.7 Å². The van der Waals surface area contributed by atoms with E-state index in [1.807, 2.05) is 6.92 Å². The highest BCUT2D eigenvalue weighted by molar-refractivity contribution is 6.47. The molecular weight excluding hydrogens is 429 g/mol. The summed E-state index contributed by atoms with van der Waals surface area (Å²) >= 11 is 12.3. The first kappa shape index (κ1) is 21.9. The summed E-state index contributed by atoms with van der Waals surface area (Å²) in [6.07, 6.45) is -0.191. The summed E-state index contributed by atoms with van der Waals surface area (Å²) in [5.41, 5.74) is 1.64. The number of nitrogens with zero attached hydrogens (tertiary/aromatic N) is 1. The largest absolute Gasteiger partial charge is 0.550 e. The Bertz CT molecular complexity index is 1050. The van der Waals surface area contributed by atoms with E-state index in [1.54, 1.807) is 36.4 Å². The molecule has 1 atom stereocenters. The van der Waals surface area contributed by atoms with Gasteiger partial charge >= 0.3 is 0 Å². The minimum Gasteiger partial charge on any atom is -0.550 e. The van der Waals surface area contributed by atoms with E-state index in [0.29, 0.717) is 16.1 Å². The number of aliphatic carboxylic acids is 1. The molecule has 1 heterocycles. The molecule has 0 saturated carbocycles. The average molecular weight is 447 g/mol. The lowest BCUT2D eigenvalue weighted by Crippen LogP contribution is -2.32. The third-order valence-corrected chi connectivity index (χ3v) is 5.46. The van der Waals surface area contributed by atoms with Crippen LogP contribution < -0.4 is 5.11 Å². The van der Waals surface area contributed by atoms with Crippen LogP contribution in [0.2, 0.25) is 10.0 Å². The summed E-state index contributed by atoms with van der Waals surface area (Å²) in [5.74, 6) is -3.28. The Morgan fingerprint density at radius 1 is 1.13 bits per heavy atom. The Balaban J connectivity index is 2.14. The van der Waals surface area contributed by atoms with Crippen LogP contribution in [0.3, 0.4) is 0 Å². The summed E-state index contributed by atoms with van der Waals surface area (Å²) in [6, 6.07) is 10.5. The van der Waals surface area contributed by atoms with Gasteiger partial charge in [-0.2, -0.15) is 0 Å². The third kappa shape index (κ3) is 4.35. The normalized spacial score (nSPS) is 18.1. The van der Waals surface area contributed by atoms with Crippen LogP contribution in [0.1, 0.15) is 35.6 Å². The number of ketones is 1. The third-order valence-electron chi connectivity index (χ3n) is 4.90. The highest BCUT2D eigenvalue weighted by atomic mass is 35.5. The van der Waals surface area contributed by atoms with Crippen molar-refractivity contribution in [3.63, 3.8) is 0 Å². The van der Waals surface area contributed by atoms with Gasteiger partial charge in [0, 0.05) is 28.1 Å². The molecule has 8 heteroatoms. The highest BCUT2D eigenvalue weighted by Gasteiger charge is 2.46. The van der Waals surface area contributed by atoms with Crippen LogP contribution in [0.15, 0.2) is 48.0 Å². The Labute approximate surface area is 183 Å². The molecule has 156 valence electrons. The number of aryl methyl sites for hydroxylation is 1. The molecule has 6 nitrogen and oxygen atoms in total. The molecule has 1 aliphatic rings. The zero-order valence-electron chi connectivity index (χ0n) is 16.0. The predicted octanol–water partition coefficient (Wildman–Crippen LogP) is 3.25. The van der Waals surface area contributed by atoms with E-state index >= 15 is 0 Å². The number of likely N-dealkylation sites (tertiary alicyclic amines) is 1. The molecule has 0 aromatic heterocycles. The SMILES string of the molecule is Cc1ccc(C(O)=C2C(=O)C(=O)N(CCCC(=O)[O-])[C@H]2c2ccc(Cl)cc2Cl)cc1. The van der Waals surface area contributed by atoms with Crippen LogP contribution in [0.25, 0.3) is 5.76 Å². The Kier molecular flexibility index (Phi) is 6.48. The summed E-state index contributed by atoms with van der Waals surface area (Å²) in [4.78, 5) is 37.6. The van der Waals surface area contributed by atoms with Crippen molar-refractivity contribution in [2.75, 3.05) is 6.54 Å². The number of carboxylic acid groups (broad SMARTS) is 1. The number of carbonyl (C=O) groups excluding carboxylic acids is 3. The van der Waals surface area contributed by atoms with E-state index in [2.05, 4.69) is 0 Å². The number of hydrogen-bond donors (Lipinski definition) is 1. The number of Topliss-reactive ketones (excluding diaryl/α,β-unsaturated/α-hetero) is 1. The molecule has 1 fully saturated rings. The topological polar surface area (TPSA) is 97.7 Å². The van der Waals surface area contributed by atoms with E-state index in [9.17, 15) is 24.6 Å². The number of benzene rings is 2. The first-order valence-corrected chi connectivity index (χ1v) is 9.96.